The molecule has 2 aromatic carbocycles. The van der Waals surface area contributed by atoms with Crippen LogP contribution in [0.2, 0.25) is 0 Å². The van der Waals surface area contributed by atoms with Crippen LogP contribution >= 0.6 is 0 Å². The smallest absolute Gasteiger partial charge is 0.331 e. The normalized spacial score (nSPS) is 31.5. The van der Waals surface area contributed by atoms with Gasteiger partial charge in [0.25, 0.3) is 0 Å². The lowest BCUT2D eigenvalue weighted by molar-refractivity contribution is -0.357. The summed E-state index contributed by atoms with van der Waals surface area (Å²) in [5.74, 6) is -0.625. The third kappa shape index (κ3) is 8.25. The largest absolute Gasteiger partial charge is 0.504 e. The molecule has 0 amide bonds. The second-order valence-corrected chi connectivity index (χ2v) is 10.8. The standard InChI is InChI=1S/C31H40O15/c1-15-24(36)25(37)26(38)31(43-15)46-29-27(39)30(42-11-10-17-5-8-20(40-2)19(34)12-17)44-22(14-32)28(29)45-23(35)9-6-16-4-7-18(33)21(13-16)41-3/h4-9,12-13,15,22,24-34,36-39H,10-11,14H2,1-3H3/t15-,22-,24-,25+,26+,27-,28-,29-,30-,31-/m1/s1. The molecule has 46 heavy (non-hydrogen) atoms. The summed E-state index contributed by atoms with van der Waals surface area (Å²) in [5, 5.41) is 72.3. The number of carbonyl (C=O) groups excluding carboxylic acids is 1. The monoisotopic (exact) mass is 652 g/mol. The van der Waals surface area contributed by atoms with Gasteiger partial charge in [0.15, 0.2) is 41.7 Å². The number of esters is 1. The van der Waals surface area contributed by atoms with E-state index in [2.05, 4.69) is 0 Å². The van der Waals surface area contributed by atoms with Crippen molar-refractivity contribution in [3.63, 3.8) is 0 Å². The third-order valence-electron chi connectivity index (χ3n) is 7.68. The highest BCUT2D eigenvalue weighted by molar-refractivity contribution is 5.87. The van der Waals surface area contributed by atoms with Gasteiger partial charge in [-0.2, -0.15) is 0 Å². The van der Waals surface area contributed by atoms with Gasteiger partial charge in [-0.05, 0) is 54.8 Å². The number of ether oxygens (including phenoxy) is 7. The number of phenolic OH excluding ortho intramolecular Hbond substituents is 2. The molecule has 4 rings (SSSR count). The van der Waals surface area contributed by atoms with Crippen LogP contribution in [-0.4, -0.2) is 131 Å². The fourth-order valence-corrected chi connectivity index (χ4v) is 5.08. The first-order chi connectivity index (χ1) is 22.0. The molecule has 0 aromatic heterocycles. The number of carbonyl (C=O) groups is 1. The van der Waals surface area contributed by atoms with Gasteiger partial charge in [0.1, 0.15) is 36.6 Å². The Balaban J connectivity index is 1.52. The lowest BCUT2D eigenvalue weighted by atomic mass is 9.97. The number of hydrogen-bond acceptors (Lipinski definition) is 15. The minimum absolute atomic E-state index is 0.0217. The van der Waals surface area contributed by atoms with E-state index in [-0.39, 0.29) is 30.3 Å². The minimum Gasteiger partial charge on any atom is -0.504 e. The molecule has 2 saturated heterocycles. The van der Waals surface area contributed by atoms with Gasteiger partial charge in [-0.15, -0.1) is 0 Å². The van der Waals surface area contributed by atoms with Crippen molar-refractivity contribution in [1.29, 1.82) is 0 Å². The number of phenols is 2. The van der Waals surface area contributed by atoms with Crippen LogP contribution in [0.3, 0.4) is 0 Å². The van der Waals surface area contributed by atoms with E-state index in [9.17, 15) is 40.5 Å². The van der Waals surface area contributed by atoms with Crippen molar-refractivity contribution in [2.24, 2.45) is 0 Å². The van der Waals surface area contributed by atoms with E-state index in [1.54, 1.807) is 12.1 Å². The maximum atomic E-state index is 12.9. The Labute approximate surface area is 264 Å². The fourth-order valence-electron chi connectivity index (χ4n) is 5.08. The lowest BCUT2D eigenvalue weighted by Crippen LogP contribution is -2.65. The van der Waals surface area contributed by atoms with E-state index in [1.807, 2.05) is 0 Å². The Morgan fingerprint density at radius 3 is 2.26 bits per heavy atom. The van der Waals surface area contributed by atoms with E-state index in [0.29, 0.717) is 16.9 Å². The highest BCUT2D eigenvalue weighted by Gasteiger charge is 2.52. The van der Waals surface area contributed by atoms with Gasteiger partial charge >= 0.3 is 5.97 Å². The van der Waals surface area contributed by atoms with Crippen LogP contribution in [-0.2, 0) is 34.9 Å². The lowest BCUT2D eigenvalue weighted by Gasteiger charge is -2.46. The number of aromatic hydroxyl groups is 2. The molecule has 0 saturated carbocycles. The van der Waals surface area contributed by atoms with Gasteiger partial charge in [0.05, 0.1) is 33.5 Å². The van der Waals surface area contributed by atoms with Crippen molar-refractivity contribution in [3.8, 4) is 23.0 Å². The number of aliphatic hydroxyl groups excluding tert-OH is 5. The fraction of sp³-hybridized carbons (Fsp3) is 0.516. The Kier molecular flexibility index (Phi) is 12.2. The molecule has 2 aliphatic rings. The zero-order valence-corrected chi connectivity index (χ0v) is 25.4. The molecule has 2 aliphatic heterocycles. The second-order valence-electron chi connectivity index (χ2n) is 10.8. The SMILES string of the molecule is COc1ccc(CCO[C@@H]2O[C@H](CO)[C@@H](OC(=O)C=Cc3ccc(O)c(OC)c3)[C@H](O[C@H]3O[C@H](C)[C@@H](O)[C@H](O)[C@@H]3O)[C@H]2O)cc1O. The second kappa shape index (κ2) is 15.9. The molecule has 2 heterocycles. The first-order valence-electron chi connectivity index (χ1n) is 14.5. The number of methoxy groups -OCH3 is 2. The summed E-state index contributed by atoms with van der Waals surface area (Å²) < 4.78 is 38.6. The van der Waals surface area contributed by atoms with Gasteiger partial charge in [-0.25, -0.2) is 4.79 Å². The van der Waals surface area contributed by atoms with Crippen LogP contribution in [0, 0.1) is 0 Å². The Morgan fingerprint density at radius 1 is 0.848 bits per heavy atom. The maximum absolute atomic E-state index is 12.9. The van der Waals surface area contributed by atoms with Gasteiger partial charge in [-0.1, -0.05) is 12.1 Å². The molecule has 254 valence electrons. The molecular weight excluding hydrogens is 612 g/mol. The average molecular weight is 653 g/mol. The first-order valence-corrected chi connectivity index (χ1v) is 14.5. The van der Waals surface area contributed by atoms with E-state index in [4.69, 9.17) is 33.2 Å². The molecule has 0 unspecified atom stereocenters. The van der Waals surface area contributed by atoms with Crippen molar-refractivity contribution in [1.82, 2.24) is 0 Å². The van der Waals surface area contributed by atoms with E-state index >= 15 is 0 Å². The van der Waals surface area contributed by atoms with Gasteiger partial charge in [-0.3, -0.25) is 0 Å². The van der Waals surface area contributed by atoms with Crippen LogP contribution < -0.4 is 9.47 Å². The van der Waals surface area contributed by atoms with E-state index < -0.39 is 74.0 Å². The molecule has 0 aliphatic carbocycles. The van der Waals surface area contributed by atoms with Crippen molar-refractivity contribution < 1.29 is 73.7 Å². The van der Waals surface area contributed by atoms with Crippen molar-refractivity contribution >= 4 is 12.0 Å². The van der Waals surface area contributed by atoms with Gasteiger partial charge < -0.3 is 68.9 Å². The topological polar surface area (TPSA) is 223 Å². The highest BCUT2D eigenvalue weighted by Crippen LogP contribution is 2.32. The first kappa shape index (κ1) is 35.3. The van der Waals surface area contributed by atoms with Crippen molar-refractivity contribution in [2.45, 2.75) is 74.8 Å². The molecule has 0 bridgehead atoms. The van der Waals surface area contributed by atoms with E-state index in [1.165, 1.54) is 51.5 Å². The van der Waals surface area contributed by atoms with Crippen LogP contribution in [0.4, 0.5) is 0 Å². The molecule has 2 aromatic rings. The summed E-state index contributed by atoms with van der Waals surface area (Å²) in [6, 6.07) is 9.16. The zero-order chi connectivity index (χ0) is 33.5. The molecule has 0 spiro atoms. The minimum atomic E-state index is -1.75. The molecule has 2 fully saturated rings. The number of rotatable bonds is 12. The number of hydrogen-bond donors (Lipinski definition) is 7. The predicted octanol–water partition coefficient (Wildman–Crippen LogP) is -0.410. The Morgan fingerprint density at radius 2 is 1.59 bits per heavy atom. The quantitative estimate of drug-likeness (QED) is 0.114. The summed E-state index contributed by atoms with van der Waals surface area (Å²) in [7, 11) is 2.79. The highest BCUT2D eigenvalue weighted by atomic mass is 16.7. The Hall–Kier alpha value is -3.51. The van der Waals surface area contributed by atoms with Crippen LogP contribution in [0.1, 0.15) is 18.1 Å². The van der Waals surface area contributed by atoms with E-state index in [0.717, 1.165) is 6.08 Å². The predicted molar refractivity (Wildman–Crippen MR) is 157 cm³/mol. The summed E-state index contributed by atoms with van der Waals surface area (Å²) >= 11 is 0. The molecule has 15 nitrogen and oxygen atoms in total. The maximum Gasteiger partial charge on any atom is 0.331 e. The summed E-state index contributed by atoms with van der Waals surface area (Å²) in [6.45, 7) is 0.712. The van der Waals surface area contributed by atoms with Crippen molar-refractivity contribution in [3.05, 3.63) is 53.6 Å². The van der Waals surface area contributed by atoms with Crippen LogP contribution in [0.15, 0.2) is 42.5 Å². The molecule has 7 N–H and O–H groups in total. The third-order valence-corrected chi connectivity index (χ3v) is 7.68. The van der Waals surface area contributed by atoms with Gasteiger partial charge in [0, 0.05) is 6.08 Å². The number of aliphatic hydroxyl groups is 5. The molecule has 0 radical (unpaired) electrons. The summed E-state index contributed by atoms with van der Waals surface area (Å²) in [5.41, 5.74) is 1.16. The number of benzene rings is 2. The Bertz CT molecular complexity index is 1340. The van der Waals surface area contributed by atoms with Crippen LogP contribution in [0.5, 0.6) is 23.0 Å². The average Bonchev–Trinajstić information content (AvgIpc) is 3.04. The summed E-state index contributed by atoms with van der Waals surface area (Å²) in [4.78, 5) is 12.9. The summed E-state index contributed by atoms with van der Waals surface area (Å²) in [6.07, 6.45) is -12.1. The van der Waals surface area contributed by atoms with Crippen molar-refractivity contribution in [2.75, 3.05) is 27.4 Å². The molecule has 15 heteroatoms. The molecule has 10 atom stereocenters. The zero-order valence-electron chi connectivity index (χ0n) is 25.4. The van der Waals surface area contributed by atoms with Gasteiger partial charge in [0.2, 0.25) is 0 Å². The van der Waals surface area contributed by atoms with Crippen LogP contribution in [0.25, 0.3) is 6.08 Å². The molecular formula is C31H40O15.